The summed E-state index contributed by atoms with van der Waals surface area (Å²) in [6, 6.07) is 0.449. The van der Waals surface area contributed by atoms with Crippen molar-refractivity contribution < 1.29 is 4.79 Å². The Bertz CT molecular complexity index is 239. The molecule has 2 rings (SSSR count). The lowest BCUT2D eigenvalue weighted by Crippen LogP contribution is -2.53. The number of carbonyl (C=O) groups excluding carboxylic acids is 1. The Kier molecular flexibility index (Phi) is 2.52. The highest BCUT2D eigenvalue weighted by Crippen LogP contribution is 2.30. The zero-order valence-corrected chi connectivity index (χ0v) is 9.36. The van der Waals surface area contributed by atoms with Crippen LogP contribution in [0.25, 0.3) is 0 Å². The van der Waals surface area contributed by atoms with E-state index in [1.165, 1.54) is 0 Å². The van der Waals surface area contributed by atoms with Crippen LogP contribution in [0, 0.1) is 11.8 Å². The first-order chi connectivity index (χ1) is 6.61. The molecule has 2 saturated heterocycles. The number of amides is 1. The number of hydrogen-bond acceptors (Lipinski definition) is 2. The van der Waals surface area contributed by atoms with Crippen LogP contribution in [0.5, 0.6) is 0 Å². The van der Waals surface area contributed by atoms with Crippen molar-refractivity contribution in [2.45, 2.75) is 39.7 Å². The maximum absolute atomic E-state index is 12.0. The van der Waals surface area contributed by atoms with Crippen molar-refractivity contribution in [3.05, 3.63) is 0 Å². The summed E-state index contributed by atoms with van der Waals surface area (Å²) in [6.07, 6.45) is 2.18. The van der Waals surface area contributed by atoms with E-state index >= 15 is 0 Å². The average Bonchev–Trinajstić information content (AvgIpc) is 2.55. The third-order valence-electron chi connectivity index (χ3n) is 3.54. The lowest BCUT2D eigenvalue weighted by molar-refractivity contribution is -0.160. The van der Waals surface area contributed by atoms with Gasteiger partial charge in [-0.3, -0.25) is 9.80 Å². The van der Waals surface area contributed by atoms with Gasteiger partial charge in [-0.15, -0.1) is 0 Å². The molecule has 1 amide bonds. The Labute approximate surface area is 86.0 Å². The molecule has 2 fully saturated rings. The van der Waals surface area contributed by atoms with E-state index in [2.05, 4.69) is 25.8 Å². The molecule has 0 unspecified atom stereocenters. The molecule has 2 aliphatic rings. The Morgan fingerprint density at radius 3 is 2.57 bits per heavy atom. The molecule has 0 saturated carbocycles. The van der Waals surface area contributed by atoms with E-state index < -0.39 is 0 Å². The first kappa shape index (κ1) is 9.97. The number of nitrogens with zero attached hydrogens (tertiary/aromatic N) is 2. The number of fused-ring (bicyclic) bond motifs is 1. The van der Waals surface area contributed by atoms with Crippen molar-refractivity contribution in [1.29, 1.82) is 0 Å². The highest BCUT2D eigenvalue weighted by Gasteiger charge is 2.41. The van der Waals surface area contributed by atoms with E-state index in [4.69, 9.17) is 0 Å². The zero-order chi connectivity index (χ0) is 10.3. The molecule has 3 heteroatoms. The molecule has 0 aromatic heterocycles. The van der Waals surface area contributed by atoms with Crippen LogP contribution in [0.2, 0.25) is 0 Å². The van der Waals surface area contributed by atoms with Crippen LogP contribution in [-0.2, 0) is 4.79 Å². The van der Waals surface area contributed by atoms with Crippen LogP contribution in [-0.4, -0.2) is 35.1 Å². The Balaban J connectivity index is 2.16. The molecule has 0 aromatic carbocycles. The number of hydrogen-bond donors (Lipinski definition) is 0. The summed E-state index contributed by atoms with van der Waals surface area (Å²) in [5.41, 5.74) is 0. The van der Waals surface area contributed by atoms with E-state index in [1.807, 2.05) is 5.01 Å². The minimum atomic E-state index is 0.227. The summed E-state index contributed by atoms with van der Waals surface area (Å²) in [6.45, 7) is 8.61. The number of hydrazine groups is 1. The summed E-state index contributed by atoms with van der Waals surface area (Å²) in [5, 5.41) is 4.28. The van der Waals surface area contributed by atoms with E-state index in [1.54, 1.807) is 0 Å². The lowest BCUT2D eigenvalue weighted by atomic mass is 9.99. The van der Waals surface area contributed by atoms with Crippen molar-refractivity contribution in [2.24, 2.45) is 11.8 Å². The molecular formula is C11H20N2O. The summed E-state index contributed by atoms with van der Waals surface area (Å²) in [7, 11) is 0. The van der Waals surface area contributed by atoms with Gasteiger partial charge < -0.3 is 0 Å². The SMILES string of the molecule is CC(C)[C@@H]1CCN2CC[C@H](C)C(=O)N12. The van der Waals surface area contributed by atoms with Gasteiger partial charge in [0.05, 0.1) is 6.04 Å². The van der Waals surface area contributed by atoms with Crippen LogP contribution in [0.1, 0.15) is 33.6 Å². The zero-order valence-electron chi connectivity index (χ0n) is 9.36. The van der Waals surface area contributed by atoms with Crippen molar-refractivity contribution in [2.75, 3.05) is 13.1 Å². The average molecular weight is 196 g/mol. The van der Waals surface area contributed by atoms with Crippen molar-refractivity contribution in [3.63, 3.8) is 0 Å². The summed E-state index contributed by atoms with van der Waals surface area (Å²) in [5.74, 6) is 1.15. The van der Waals surface area contributed by atoms with Gasteiger partial charge in [0.15, 0.2) is 0 Å². The molecule has 2 aliphatic heterocycles. The molecule has 0 aliphatic carbocycles. The van der Waals surface area contributed by atoms with Crippen LogP contribution in [0.15, 0.2) is 0 Å². The molecule has 0 bridgehead atoms. The normalized spacial score (nSPS) is 34.0. The van der Waals surface area contributed by atoms with Crippen LogP contribution >= 0.6 is 0 Å². The molecule has 2 heterocycles. The van der Waals surface area contributed by atoms with Crippen molar-refractivity contribution in [1.82, 2.24) is 10.0 Å². The fourth-order valence-corrected chi connectivity index (χ4v) is 2.55. The smallest absolute Gasteiger partial charge is 0.240 e. The molecule has 2 atom stereocenters. The van der Waals surface area contributed by atoms with E-state index in [0.29, 0.717) is 17.9 Å². The molecule has 0 radical (unpaired) electrons. The Hall–Kier alpha value is -0.570. The van der Waals surface area contributed by atoms with Gasteiger partial charge in [0.25, 0.3) is 0 Å². The second-order valence-corrected chi connectivity index (χ2v) is 4.93. The monoisotopic (exact) mass is 196 g/mol. The first-order valence-electron chi connectivity index (χ1n) is 5.69. The van der Waals surface area contributed by atoms with Gasteiger partial charge in [0.2, 0.25) is 5.91 Å². The topological polar surface area (TPSA) is 23.6 Å². The molecular weight excluding hydrogens is 176 g/mol. The maximum Gasteiger partial charge on any atom is 0.240 e. The maximum atomic E-state index is 12.0. The van der Waals surface area contributed by atoms with Gasteiger partial charge in [0.1, 0.15) is 0 Å². The van der Waals surface area contributed by atoms with E-state index in [0.717, 1.165) is 25.9 Å². The molecule has 14 heavy (non-hydrogen) atoms. The summed E-state index contributed by atoms with van der Waals surface area (Å²) >= 11 is 0. The van der Waals surface area contributed by atoms with Gasteiger partial charge in [-0.1, -0.05) is 20.8 Å². The molecule has 0 aromatic rings. The van der Waals surface area contributed by atoms with Crippen molar-refractivity contribution >= 4 is 5.91 Å². The minimum Gasteiger partial charge on any atom is -0.273 e. The highest BCUT2D eigenvalue weighted by molar-refractivity contribution is 5.79. The largest absolute Gasteiger partial charge is 0.273 e. The Morgan fingerprint density at radius 2 is 1.93 bits per heavy atom. The van der Waals surface area contributed by atoms with Crippen LogP contribution in [0.3, 0.4) is 0 Å². The van der Waals surface area contributed by atoms with E-state index in [-0.39, 0.29) is 5.92 Å². The fourth-order valence-electron chi connectivity index (χ4n) is 2.55. The van der Waals surface area contributed by atoms with Gasteiger partial charge in [-0.25, -0.2) is 5.01 Å². The third-order valence-corrected chi connectivity index (χ3v) is 3.54. The van der Waals surface area contributed by atoms with Gasteiger partial charge in [-0.05, 0) is 18.8 Å². The van der Waals surface area contributed by atoms with Crippen LogP contribution < -0.4 is 0 Å². The van der Waals surface area contributed by atoms with Gasteiger partial charge in [-0.2, -0.15) is 0 Å². The predicted octanol–water partition coefficient (Wildman–Crippen LogP) is 1.50. The fraction of sp³-hybridized carbons (Fsp3) is 0.909. The predicted molar refractivity (Wildman–Crippen MR) is 55.4 cm³/mol. The number of rotatable bonds is 1. The van der Waals surface area contributed by atoms with E-state index in [9.17, 15) is 4.79 Å². The lowest BCUT2D eigenvalue weighted by Gasteiger charge is -2.39. The molecule has 0 N–H and O–H groups in total. The Morgan fingerprint density at radius 1 is 1.29 bits per heavy atom. The third kappa shape index (κ3) is 1.44. The van der Waals surface area contributed by atoms with Gasteiger partial charge in [0, 0.05) is 19.0 Å². The first-order valence-corrected chi connectivity index (χ1v) is 5.69. The molecule has 3 nitrogen and oxygen atoms in total. The standard InChI is InChI=1S/C11H20N2O/c1-8(2)10-5-7-12-6-4-9(3)11(14)13(10)12/h8-10H,4-7H2,1-3H3/t9-,10-/m0/s1. The molecule has 0 spiro atoms. The van der Waals surface area contributed by atoms with Gasteiger partial charge >= 0.3 is 0 Å². The van der Waals surface area contributed by atoms with Crippen LogP contribution in [0.4, 0.5) is 0 Å². The second kappa shape index (κ2) is 3.54. The minimum absolute atomic E-state index is 0.227. The summed E-state index contributed by atoms with van der Waals surface area (Å²) in [4.78, 5) is 12.0. The number of carbonyl (C=O) groups is 1. The second-order valence-electron chi connectivity index (χ2n) is 4.93. The quantitative estimate of drug-likeness (QED) is 0.634. The highest BCUT2D eigenvalue weighted by atomic mass is 16.2. The molecule has 80 valence electrons. The van der Waals surface area contributed by atoms with Crippen molar-refractivity contribution in [3.8, 4) is 0 Å². The summed E-state index contributed by atoms with van der Waals surface area (Å²) < 4.78 is 0.